The van der Waals surface area contributed by atoms with E-state index in [0.717, 1.165) is 0 Å². The van der Waals surface area contributed by atoms with Gasteiger partial charge in [-0.2, -0.15) is 0 Å². The SMILES string of the molecule is O=C(O)CC(=O)O.[Cu].[H-].[Na+]. The van der Waals surface area contributed by atoms with Gasteiger partial charge in [-0.05, 0) is 0 Å². The van der Waals surface area contributed by atoms with Gasteiger partial charge >= 0.3 is 41.5 Å². The van der Waals surface area contributed by atoms with Gasteiger partial charge in [-0.15, -0.1) is 0 Å². The van der Waals surface area contributed by atoms with Crippen LogP contribution < -0.4 is 29.6 Å². The molecule has 1 radical (unpaired) electrons. The molecule has 6 heteroatoms. The molecule has 0 amide bonds. The van der Waals surface area contributed by atoms with Crippen LogP contribution in [0.1, 0.15) is 7.85 Å². The third-order valence-corrected chi connectivity index (χ3v) is 0.302. The molecule has 0 spiro atoms. The Kier molecular flexibility index (Phi) is 15.2. The second-order valence-corrected chi connectivity index (χ2v) is 0.964. The molecule has 0 aromatic carbocycles. The Hall–Kier alpha value is 0.459. The van der Waals surface area contributed by atoms with Crippen LogP contribution in [-0.4, -0.2) is 22.2 Å². The Morgan fingerprint density at radius 2 is 1.44 bits per heavy atom. The van der Waals surface area contributed by atoms with Crippen molar-refractivity contribution in [1.29, 1.82) is 0 Å². The molecule has 0 fully saturated rings. The fourth-order valence-electron chi connectivity index (χ4n) is 0.129. The van der Waals surface area contributed by atoms with Crippen molar-refractivity contribution in [2.45, 2.75) is 6.42 Å². The van der Waals surface area contributed by atoms with E-state index in [2.05, 4.69) is 0 Å². The smallest absolute Gasteiger partial charge is 1.00 e. The summed E-state index contributed by atoms with van der Waals surface area (Å²) in [6.45, 7) is 0. The quantitative estimate of drug-likeness (QED) is 0.354. The normalized spacial score (nSPS) is 6.22. The van der Waals surface area contributed by atoms with E-state index in [4.69, 9.17) is 10.2 Å². The van der Waals surface area contributed by atoms with Crippen LogP contribution in [0.25, 0.3) is 0 Å². The van der Waals surface area contributed by atoms with Crippen molar-refractivity contribution in [3.63, 3.8) is 0 Å². The predicted molar refractivity (Wildman–Crippen MR) is 21.0 cm³/mol. The third-order valence-electron chi connectivity index (χ3n) is 0.302. The molecule has 53 valence electrons. The molecule has 0 saturated carbocycles. The first-order chi connectivity index (χ1) is 3.13. The topological polar surface area (TPSA) is 74.6 Å². The minimum absolute atomic E-state index is 0. The summed E-state index contributed by atoms with van der Waals surface area (Å²) in [7, 11) is 0. The molecule has 0 atom stereocenters. The first kappa shape index (κ1) is 16.2. The molecule has 0 aromatic rings. The van der Waals surface area contributed by atoms with Crippen LogP contribution in [0.15, 0.2) is 0 Å². The molecule has 0 aromatic heterocycles. The maximum Gasteiger partial charge on any atom is 1.00 e. The molecule has 0 rings (SSSR count). The zero-order valence-corrected chi connectivity index (χ0v) is 7.66. The van der Waals surface area contributed by atoms with Crippen LogP contribution >= 0.6 is 0 Å². The summed E-state index contributed by atoms with van der Waals surface area (Å²) < 4.78 is 0. The molecular weight excluding hydrogens is 187 g/mol. The summed E-state index contributed by atoms with van der Waals surface area (Å²) in [5, 5.41) is 15.4. The first-order valence-electron chi connectivity index (χ1n) is 1.56. The number of aliphatic carboxylic acids is 2. The van der Waals surface area contributed by atoms with Crippen LogP contribution in [0.3, 0.4) is 0 Å². The van der Waals surface area contributed by atoms with Gasteiger partial charge in [0.25, 0.3) is 0 Å². The number of carboxylic acids is 2. The van der Waals surface area contributed by atoms with Gasteiger partial charge < -0.3 is 11.6 Å². The van der Waals surface area contributed by atoms with Crippen molar-refractivity contribution in [3.8, 4) is 0 Å². The molecule has 0 aliphatic heterocycles. The second kappa shape index (κ2) is 8.46. The fraction of sp³-hybridized carbons (Fsp3) is 0.333. The molecule has 0 heterocycles. The largest absolute Gasteiger partial charge is 1.00 e. The maximum absolute atomic E-state index is 9.43. The maximum atomic E-state index is 9.43. The molecule has 0 bridgehead atoms. The molecule has 2 N–H and O–H groups in total. The van der Waals surface area contributed by atoms with Gasteiger partial charge in [-0.25, -0.2) is 0 Å². The third kappa shape index (κ3) is 17.7. The Labute approximate surface area is 85.9 Å². The van der Waals surface area contributed by atoms with Crippen molar-refractivity contribution in [2.75, 3.05) is 0 Å². The second-order valence-electron chi connectivity index (χ2n) is 0.964. The summed E-state index contributed by atoms with van der Waals surface area (Å²) >= 11 is 0. The monoisotopic (exact) mass is 191 g/mol. The standard InChI is InChI=1S/C3H4O4.Cu.Na.H/c4-2(5)1-3(6)7;;;/h1H2,(H,4,5)(H,6,7);;;/q;;+1;-1. The summed E-state index contributed by atoms with van der Waals surface area (Å²) in [6.07, 6.45) is -0.806. The van der Waals surface area contributed by atoms with Crippen LogP contribution in [0, 0.1) is 0 Å². The van der Waals surface area contributed by atoms with Crippen LogP contribution in [0.4, 0.5) is 0 Å². The minimum atomic E-state index is -1.31. The van der Waals surface area contributed by atoms with E-state index >= 15 is 0 Å². The minimum Gasteiger partial charge on any atom is -1.00 e. The molecule has 0 aliphatic carbocycles. The summed E-state index contributed by atoms with van der Waals surface area (Å²) in [5.41, 5.74) is 0. The van der Waals surface area contributed by atoms with Gasteiger partial charge in [0.15, 0.2) is 0 Å². The van der Waals surface area contributed by atoms with Crippen molar-refractivity contribution < 1.29 is 67.9 Å². The van der Waals surface area contributed by atoms with Crippen LogP contribution in [0.2, 0.25) is 0 Å². The molecule has 0 unspecified atom stereocenters. The first-order valence-corrected chi connectivity index (χ1v) is 1.56. The van der Waals surface area contributed by atoms with E-state index < -0.39 is 18.4 Å². The average molecular weight is 192 g/mol. The van der Waals surface area contributed by atoms with Gasteiger partial charge in [0.05, 0.1) is 0 Å². The van der Waals surface area contributed by atoms with Gasteiger partial charge in [0, 0.05) is 17.1 Å². The Morgan fingerprint density at radius 1 is 1.22 bits per heavy atom. The van der Waals surface area contributed by atoms with Crippen molar-refractivity contribution >= 4 is 11.9 Å². The van der Waals surface area contributed by atoms with Gasteiger partial charge in [-0.3, -0.25) is 9.59 Å². The number of hydrogen-bond acceptors (Lipinski definition) is 2. The Balaban J connectivity index is -0.0000000600. The van der Waals surface area contributed by atoms with Gasteiger partial charge in [0.1, 0.15) is 6.42 Å². The fourth-order valence-corrected chi connectivity index (χ4v) is 0.129. The van der Waals surface area contributed by atoms with E-state index in [1.165, 1.54) is 0 Å². The number of rotatable bonds is 2. The average Bonchev–Trinajstić information content (AvgIpc) is 1.27. The van der Waals surface area contributed by atoms with E-state index in [9.17, 15) is 9.59 Å². The molecule has 9 heavy (non-hydrogen) atoms. The summed E-state index contributed by atoms with van der Waals surface area (Å²) in [6, 6.07) is 0. The molecule has 4 nitrogen and oxygen atoms in total. The molecule has 0 aliphatic rings. The van der Waals surface area contributed by atoms with Gasteiger partial charge in [0.2, 0.25) is 0 Å². The summed E-state index contributed by atoms with van der Waals surface area (Å²) in [5.74, 6) is -2.62. The van der Waals surface area contributed by atoms with E-state index in [-0.39, 0.29) is 48.1 Å². The summed E-state index contributed by atoms with van der Waals surface area (Å²) in [4.78, 5) is 18.9. The van der Waals surface area contributed by atoms with Crippen LogP contribution in [-0.2, 0) is 26.7 Å². The van der Waals surface area contributed by atoms with Crippen LogP contribution in [0.5, 0.6) is 0 Å². The Bertz CT molecular complexity index is 96.7. The van der Waals surface area contributed by atoms with Crippen molar-refractivity contribution in [3.05, 3.63) is 0 Å². The van der Waals surface area contributed by atoms with E-state index in [0.29, 0.717) is 0 Å². The van der Waals surface area contributed by atoms with Crippen molar-refractivity contribution in [1.82, 2.24) is 0 Å². The predicted octanol–water partition coefficient (Wildman–Crippen LogP) is -3.34. The van der Waals surface area contributed by atoms with Crippen molar-refractivity contribution in [2.24, 2.45) is 0 Å². The van der Waals surface area contributed by atoms with E-state index in [1.807, 2.05) is 0 Å². The number of carboxylic acid groups (broad SMARTS) is 2. The number of carbonyl (C=O) groups is 2. The molecular formula is C3H5CuNaO4. The zero-order valence-electron chi connectivity index (χ0n) is 5.72. The molecule has 0 saturated heterocycles. The Morgan fingerprint density at radius 3 is 1.44 bits per heavy atom. The number of hydrogen-bond donors (Lipinski definition) is 2. The van der Waals surface area contributed by atoms with E-state index in [1.54, 1.807) is 0 Å². The van der Waals surface area contributed by atoms with Gasteiger partial charge in [-0.1, -0.05) is 0 Å². The zero-order chi connectivity index (χ0) is 5.86.